The summed E-state index contributed by atoms with van der Waals surface area (Å²) >= 11 is 0. The summed E-state index contributed by atoms with van der Waals surface area (Å²) in [6.45, 7) is 0.360. The fourth-order valence-electron chi connectivity index (χ4n) is 4.11. The highest BCUT2D eigenvalue weighted by Gasteiger charge is 2.31. The largest absolute Gasteiger partial charge is 0.378 e. The van der Waals surface area contributed by atoms with E-state index in [-0.39, 0.29) is 11.7 Å². The summed E-state index contributed by atoms with van der Waals surface area (Å²) in [5, 5.41) is 13.5. The van der Waals surface area contributed by atoms with Gasteiger partial charge in [0.2, 0.25) is 0 Å². The average molecular weight is 384 g/mol. The van der Waals surface area contributed by atoms with E-state index < -0.39 is 0 Å². The minimum Gasteiger partial charge on any atom is -0.378 e. The first-order chi connectivity index (χ1) is 14.3. The van der Waals surface area contributed by atoms with Crippen LogP contribution in [0.3, 0.4) is 0 Å². The van der Waals surface area contributed by atoms with Gasteiger partial charge in [0.25, 0.3) is 0 Å². The molecule has 0 aliphatic heterocycles. The van der Waals surface area contributed by atoms with Gasteiger partial charge in [-0.2, -0.15) is 5.10 Å². The van der Waals surface area contributed by atoms with Crippen molar-refractivity contribution in [1.29, 1.82) is 0 Å². The minimum absolute atomic E-state index is 0.0135. The van der Waals surface area contributed by atoms with Gasteiger partial charge in [0.05, 0.1) is 23.6 Å². The molecule has 2 aromatic carbocycles. The number of fused-ring (bicyclic) bond motifs is 3. The third kappa shape index (κ3) is 3.02. The van der Waals surface area contributed by atoms with Crippen molar-refractivity contribution in [2.45, 2.75) is 25.4 Å². The zero-order chi connectivity index (χ0) is 19.8. The molecule has 0 fully saturated rings. The molecule has 1 unspecified atom stereocenters. The van der Waals surface area contributed by atoms with Crippen molar-refractivity contribution in [3.63, 3.8) is 0 Å². The van der Waals surface area contributed by atoms with Crippen LogP contribution in [-0.4, -0.2) is 32.7 Å². The SMILES string of the molecule is COCc1nn2c3c(nnc2c1-c1ccccc1)C(=O)CC(c1ccccc1)C3. The number of benzene rings is 2. The highest BCUT2D eigenvalue weighted by molar-refractivity contribution is 5.97. The van der Waals surface area contributed by atoms with Crippen LogP contribution >= 0.6 is 0 Å². The molecule has 6 nitrogen and oxygen atoms in total. The molecule has 1 aliphatic rings. The van der Waals surface area contributed by atoms with E-state index in [4.69, 9.17) is 9.84 Å². The second kappa shape index (κ2) is 7.22. The van der Waals surface area contributed by atoms with Crippen LogP contribution in [0.5, 0.6) is 0 Å². The summed E-state index contributed by atoms with van der Waals surface area (Å²) in [6.07, 6.45) is 1.13. The van der Waals surface area contributed by atoms with E-state index in [1.807, 2.05) is 48.5 Å². The summed E-state index contributed by atoms with van der Waals surface area (Å²) in [5.74, 6) is 0.124. The van der Waals surface area contributed by atoms with Crippen molar-refractivity contribution in [2.75, 3.05) is 7.11 Å². The number of hydrogen-bond acceptors (Lipinski definition) is 5. The van der Waals surface area contributed by atoms with Crippen LogP contribution in [0, 0.1) is 0 Å². The van der Waals surface area contributed by atoms with Gasteiger partial charge in [-0.05, 0) is 23.5 Å². The summed E-state index contributed by atoms with van der Waals surface area (Å²) in [6, 6.07) is 20.1. The second-order valence-corrected chi connectivity index (χ2v) is 7.29. The molecule has 0 saturated heterocycles. The van der Waals surface area contributed by atoms with Crippen LogP contribution in [0.4, 0.5) is 0 Å². The number of Topliss-reactive ketones (excluding diaryl/α,β-unsaturated/α-hetero) is 1. The van der Waals surface area contributed by atoms with E-state index in [0.717, 1.165) is 28.1 Å². The molecular weight excluding hydrogens is 364 g/mol. The molecule has 0 radical (unpaired) electrons. The molecule has 6 heteroatoms. The van der Waals surface area contributed by atoms with Gasteiger partial charge in [-0.3, -0.25) is 4.79 Å². The van der Waals surface area contributed by atoms with Gasteiger partial charge in [-0.15, -0.1) is 10.2 Å². The first kappa shape index (κ1) is 17.7. The number of nitrogens with zero attached hydrogens (tertiary/aromatic N) is 4. The Hall–Kier alpha value is -3.38. The van der Waals surface area contributed by atoms with E-state index >= 15 is 0 Å². The van der Waals surface area contributed by atoms with Crippen molar-refractivity contribution in [2.24, 2.45) is 0 Å². The Labute approximate surface area is 168 Å². The Bertz CT molecular complexity index is 1190. The Kier molecular flexibility index (Phi) is 4.41. The molecule has 0 amide bonds. The van der Waals surface area contributed by atoms with Crippen molar-refractivity contribution >= 4 is 11.4 Å². The summed E-state index contributed by atoms with van der Waals surface area (Å²) in [7, 11) is 1.65. The molecule has 0 saturated carbocycles. The van der Waals surface area contributed by atoms with Crippen molar-refractivity contribution in [1.82, 2.24) is 19.8 Å². The predicted molar refractivity (Wildman–Crippen MR) is 109 cm³/mol. The summed E-state index contributed by atoms with van der Waals surface area (Å²) < 4.78 is 7.18. The van der Waals surface area contributed by atoms with Gasteiger partial charge in [-0.25, -0.2) is 4.52 Å². The number of carbonyl (C=O) groups excluding carboxylic acids is 1. The van der Waals surface area contributed by atoms with Crippen LogP contribution in [0.1, 0.15) is 39.8 Å². The Morgan fingerprint density at radius 1 is 1.00 bits per heavy atom. The molecule has 29 heavy (non-hydrogen) atoms. The van der Waals surface area contributed by atoms with Gasteiger partial charge in [-0.1, -0.05) is 60.7 Å². The first-order valence-corrected chi connectivity index (χ1v) is 9.66. The highest BCUT2D eigenvalue weighted by atomic mass is 16.5. The molecule has 2 aromatic heterocycles. The lowest BCUT2D eigenvalue weighted by molar-refractivity contribution is 0.0955. The van der Waals surface area contributed by atoms with Crippen LogP contribution < -0.4 is 0 Å². The maximum Gasteiger partial charge on any atom is 0.185 e. The number of methoxy groups -OCH3 is 1. The number of rotatable bonds is 4. The van der Waals surface area contributed by atoms with E-state index in [1.54, 1.807) is 11.6 Å². The van der Waals surface area contributed by atoms with Crippen molar-refractivity contribution in [3.8, 4) is 11.1 Å². The van der Waals surface area contributed by atoms with Crippen molar-refractivity contribution in [3.05, 3.63) is 83.3 Å². The van der Waals surface area contributed by atoms with Gasteiger partial charge >= 0.3 is 0 Å². The molecule has 4 aromatic rings. The minimum atomic E-state index is 0.0135. The zero-order valence-corrected chi connectivity index (χ0v) is 16.1. The van der Waals surface area contributed by atoms with Gasteiger partial charge in [0.15, 0.2) is 17.1 Å². The molecule has 2 heterocycles. The molecule has 1 aliphatic carbocycles. The summed E-state index contributed by atoms with van der Waals surface area (Å²) in [5.41, 5.74) is 5.75. The molecular formula is C23H20N4O2. The quantitative estimate of drug-likeness (QED) is 0.535. The molecule has 0 spiro atoms. The standard InChI is InChI=1S/C23H20N4O2/c1-29-14-18-21(16-10-6-3-7-11-16)23-25-24-22-19(27(23)26-18)12-17(13-20(22)28)15-8-4-2-5-9-15/h2-11,17H,12-14H2,1H3. The number of aromatic nitrogens is 4. The van der Waals surface area contributed by atoms with Gasteiger partial charge in [0.1, 0.15) is 0 Å². The third-order valence-electron chi connectivity index (χ3n) is 5.46. The van der Waals surface area contributed by atoms with E-state index in [2.05, 4.69) is 22.3 Å². The second-order valence-electron chi connectivity index (χ2n) is 7.29. The van der Waals surface area contributed by atoms with Crippen molar-refractivity contribution < 1.29 is 9.53 Å². The maximum atomic E-state index is 12.8. The van der Waals surface area contributed by atoms with E-state index in [0.29, 0.717) is 30.8 Å². The third-order valence-corrected chi connectivity index (χ3v) is 5.46. The Morgan fingerprint density at radius 3 is 2.45 bits per heavy atom. The Balaban J connectivity index is 1.70. The zero-order valence-electron chi connectivity index (χ0n) is 16.1. The number of carbonyl (C=O) groups is 1. The molecule has 0 bridgehead atoms. The lowest BCUT2D eigenvalue weighted by Gasteiger charge is -2.23. The fourth-order valence-corrected chi connectivity index (χ4v) is 4.11. The number of ketones is 1. The maximum absolute atomic E-state index is 12.8. The van der Waals surface area contributed by atoms with Crippen LogP contribution in [0.2, 0.25) is 0 Å². The molecule has 144 valence electrons. The average Bonchev–Trinajstić information content (AvgIpc) is 3.14. The lowest BCUT2D eigenvalue weighted by Crippen LogP contribution is -2.24. The van der Waals surface area contributed by atoms with E-state index in [9.17, 15) is 4.79 Å². The van der Waals surface area contributed by atoms with Crippen LogP contribution in [0.25, 0.3) is 16.8 Å². The smallest absolute Gasteiger partial charge is 0.185 e. The first-order valence-electron chi connectivity index (χ1n) is 9.66. The Morgan fingerprint density at radius 2 is 1.72 bits per heavy atom. The fraction of sp³-hybridized carbons (Fsp3) is 0.217. The normalized spacial score (nSPS) is 16.2. The number of ether oxygens (including phenoxy) is 1. The topological polar surface area (TPSA) is 69.4 Å². The predicted octanol–water partition coefficient (Wildman–Crippen LogP) is 3.85. The highest BCUT2D eigenvalue weighted by Crippen LogP contribution is 2.34. The van der Waals surface area contributed by atoms with Gasteiger partial charge in [0, 0.05) is 13.5 Å². The van der Waals surface area contributed by atoms with Crippen LogP contribution in [-0.2, 0) is 17.8 Å². The van der Waals surface area contributed by atoms with E-state index in [1.165, 1.54) is 0 Å². The molecule has 5 rings (SSSR count). The summed E-state index contributed by atoms with van der Waals surface area (Å²) in [4.78, 5) is 12.8. The monoisotopic (exact) mass is 384 g/mol. The lowest BCUT2D eigenvalue weighted by atomic mass is 9.83. The molecule has 0 N–H and O–H groups in total. The van der Waals surface area contributed by atoms with Gasteiger partial charge < -0.3 is 4.74 Å². The number of hydrogen-bond donors (Lipinski definition) is 0. The van der Waals surface area contributed by atoms with Crippen LogP contribution in [0.15, 0.2) is 60.7 Å². The molecule has 1 atom stereocenters.